The van der Waals surface area contributed by atoms with Gasteiger partial charge in [0.15, 0.2) is 11.6 Å². The molecule has 2 rings (SSSR count). The lowest BCUT2D eigenvalue weighted by Crippen LogP contribution is -2.27. The smallest absolute Gasteiger partial charge is 0.165 e. The first kappa shape index (κ1) is 11.4. The summed E-state index contributed by atoms with van der Waals surface area (Å²) in [5.74, 6) is -0.121. The van der Waals surface area contributed by atoms with Crippen molar-refractivity contribution in [1.82, 2.24) is 0 Å². The van der Waals surface area contributed by atoms with E-state index in [-0.39, 0.29) is 18.3 Å². The van der Waals surface area contributed by atoms with Crippen LogP contribution in [-0.4, -0.2) is 31.0 Å². The molecule has 1 aromatic carbocycles. The molecule has 1 fully saturated rings. The van der Waals surface area contributed by atoms with Crippen LogP contribution in [0.2, 0.25) is 0 Å². The number of ether oxygens (including phenoxy) is 2. The zero-order chi connectivity index (χ0) is 11.4. The summed E-state index contributed by atoms with van der Waals surface area (Å²) in [6.07, 6.45) is 0.240. The maximum atomic E-state index is 13.2. The summed E-state index contributed by atoms with van der Waals surface area (Å²) in [4.78, 5) is 0. The number of rotatable bonds is 4. The fraction of sp³-hybridized carbons (Fsp3) is 0.500. The van der Waals surface area contributed by atoms with Crippen LogP contribution in [0.3, 0.4) is 0 Å². The van der Waals surface area contributed by atoms with E-state index in [1.54, 1.807) is 18.2 Å². The van der Waals surface area contributed by atoms with Crippen LogP contribution in [0.5, 0.6) is 5.75 Å². The quantitative estimate of drug-likeness (QED) is 0.847. The van der Waals surface area contributed by atoms with E-state index in [4.69, 9.17) is 9.47 Å². The molecule has 0 radical (unpaired) electrons. The number of para-hydroxylation sites is 1. The molecule has 2 unspecified atom stereocenters. The largest absolute Gasteiger partial charge is 0.488 e. The summed E-state index contributed by atoms with van der Waals surface area (Å²) < 4.78 is 23.6. The highest BCUT2D eigenvalue weighted by atomic mass is 19.1. The van der Waals surface area contributed by atoms with Gasteiger partial charge in [-0.25, -0.2) is 4.39 Å². The summed E-state index contributed by atoms with van der Waals surface area (Å²) in [6.45, 7) is 1.35. The molecular formula is C12H15FO3. The van der Waals surface area contributed by atoms with Gasteiger partial charge in [0.05, 0.1) is 12.7 Å². The van der Waals surface area contributed by atoms with E-state index in [0.29, 0.717) is 13.2 Å². The molecule has 1 saturated heterocycles. The van der Waals surface area contributed by atoms with Gasteiger partial charge in [0.2, 0.25) is 0 Å². The van der Waals surface area contributed by atoms with Crippen molar-refractivity contribution < 1.29 is 19.0 Å². The Balaban J connectivity index is 1.84. The van der Waals surface area contributed by atoms with Gasteiger partial charge >= 0.3 is 0 Å². The Bertz CT molecular complexity index is 337. The molecule has 1 aliphatic rings. The van der Waals surface area contributed by atoms with Gasteiger partial charge in [-0.1, -0.05) is 12.1 Å². The van der Waals surface area contributed by atoms with E-state index in [9.17, 15) is 9.50 Å². The molecule has 2 atom stereocenters. The topological polar surface area (TPSA) is 38.7 Å². The monoisotopic (exact) mass is 226 g/mol. The zero-order valence-electron chi connectivity index (χ0n) is 8.93. The van der Waals surface area contributed by atoms with Gasteiger partial charge in [0.1, 0.15) is 6.61 Å². The lowest BCUT2D eigenvalue weighted by atomic mass is 10.0. The van der Waals surface area contributed by atoms with Gasteiger partial charge in [-0.15, -0.1) is 0 Å². The van der Waals surface area contributed by atoms with Crippen molar-refractivity contribution in [2.24, 2.45) is 5.92 Å². The number of hydrogen-bond donors (Lipinski definition) is 1. The van der Waals surface area contributed by atoms with E-state index in [1.165, 1.54) is 6.07 Å². The van der Waals surface area contributed by atoms with Crippen molar-refractivity contribution in [2.45, 2.75) is 12.5 Å². The predicted molar refractivity (Wildman–Crippen MR) is 56.8 cm³/mol. The number of aliphatic hydroxyl groups excluding tert-OH is 1. The highest BCUT2D eigenvalue weighted by Gasteiger charge is 2.24. The maximum Gasteiger partial charge on any atom is 0.165 e. The second-order valence-electron chi connectivity index (χ2n) is 3.93. The minimum absolute atomic E-state index is 0.103. The average molecular weight is 226 g/mol. The Morgan fingerprint density at radius 2 is 2.31 bits per heavy atom. The van der Waals surface area contributed by atoms with Crippen LogP contribution >= 0.6 is 0 Å². The van der Waals surface area contributed by atoms with E-state index in [0.717, 1.165) is 6.42 Å². The normalized spacial score (nSPS) is 22.0. The second-order valence-corrected chi connectivity index (χ2v) is 3.93. The molecule has 1 heterocycles. The SMILES string of the molecule is OC(COc1ccccc1F)C1CCOC1. The third-order valence-corrected chi connectivity index (χ3v) is 2.76. The molecule has 0 amide bonds. The fourth-order valence-corrected chi connectivity index (χ4v) is 1.73. The third-order valence-electron chi connectivity index (χ3n) is 2.76. The number of hydrogen-bond acceptors (Lipinski definition) is 3. The first-order valence-electron chi connectivity index (χ1n) is 5.40. The van der Waals surface area contributed by atoms with Crippen LogP contribution in [-0.2, 0) is 4.74 Å². The Morgan fingerprint density at radius 3 is 3.00 bits per heavy atom. The molecule has 1 N–H and O–H groups in total. The van der Waals surface area contributed by atoms with E-state index in [2.05, 4.69) is 0 Å². The van der Waals surface area contributed by atoms with Crippen molar-refractivity contribution in [3.05, 3.63) is 30.1 Å². The molecule has 16 heavy (non-hydrogen) atoms. The third kappa shape index (κ3) is 2.71. The minimum Gasteiger partial charge on any atom is -0.488 e. The molecule has 0 aromatic heterocycles. The van der Waals surface area contributed by atoms with E-state index in [1.807, 2.05) is 0 Å². The van der Waals surface area contributed by atoms with Gasteiger partial charge < -0.3 is 14.6 Å². The summed E-state index contributed by atoms with van der Waals surface area (Å²) in [5.41, 5.74) is 0. The molecule has 0 spiro atoms. The van der Waals surface area contributed by atoms with Gasteiger partial charge in [0, 0.05) is 12.5 Å². The molecule has 0 aliphatic carbocycles. The Labute approximate surface area is 93.8 Å². The van der Waals surface area contributed by atoms with Crippen LogP contribution in [0.15, 0.2) is 24.3 Å². The minimum atomic E-state index is -0.595. The van der Waals surface area contributed by atoms with E-state index >= 15 is 0 Å². The predicted octanol–water partition coefficient (Wildman–Crippen LogP) is 1.60. The first-order chi connectivity index (χ1) is 7.77. The van der Waals surface area contributed by atoms with Gasteiger partial charge in [-0.3, -0.25) is 0 Å². The van der Waals surface area contributed by atoms with Crippen LogP contribution in [0.25, 0.3) is 0 Å². The lowest BCUT2D eigenvalue weighted by Gasteiger charge is -2.17. The standard InChI is InChI=1S/C12H15FO3/c13-10-3-1-2-4-12(10)16-8-11(14)9-5-6-15-7-9/h1-4,9,11,14H,5-8H2. The molecule has 1 aromatic rings. The summed E-state index contributed by atoms with van der Waals surface area (Å²) in [5, 5.41) is 9.77. The summed E-state index contributed by atoms with van der Waals surface area (Å²) >= 11 is 0. The van der Waals surface area contributed by atoms with E-state index < -0.39 is 11.9 Å². The Morgan fingerprint density at radius 1 is 1.50 bits per heavy atom. The van der Waals surface area contributed by atoms with Crippen LogP contribution in [0.4, 0.5) is 4.39 Å². The molecule has 4 heteroatoms. The average Bonchev–Trinajstić information content (AvgIpc) is 2.81. The molecule has 0 bridgehead atoms. The van der Waals surface area contributed by atoms with Crippen molar-refractivity contribution in [3.63, 3.8) is 0 Å². The van der Waals surface area contributed by atoms with Crippen molar-refractivity contribution in [2.75, 3.05) is 19.8 Å². The van der Waals surface area contributed by atoms with Gasteiger partial charge in [-0.2, -0.15) is 0 Å². The summed E-state index contributed by atoms with van der Waals surface area (Å²) in [6, 6.07) is 6.18. The van der Waals surface area contributed by atoms with Gasteiger partial charge in [0.25, 0.3) is 0 Å². The van der Waals surface area contributed by atoms with Crippen molar-refractivity contribution >= 4 is 0 Å². The second kappa shape index (κ2) is 5.27. The molecule has 3 nitrogen and oxygen atoms in total. The van der Waals surface area contributed by atoms with Crippen molar-refractivity contribution in [1.29, 1.82) is 0 Å². The summed E-state index contributed by atoms with van der Waals surface area (Å²) in [7, 11) is 0. The van der Waals surface area contributed by atoms with Crippen LogP contribution < -0.4 is 4.74 Å². The Hall–Kier alpha value is -1.13. The molecular weight excluding hydrogens is 211 g/mol. The fourth-order valence-electron chi connectivity index (χ4n) is 1.73. The zero-order valence-corrected chi connectivity index (χ0v) is 8.93. The number of halogens is 1. The van der Waals surface area contributed by atoms with Crippen molar-refractivity contribution in [3.8, 4) is 5.75 Å². The highest BCUT2D eigenvalue weighted by molar-refractivity contribution is 5.23. The first-order valence-corrected chi connectivity index (χ1v) is 5.40. The van der Waals surface area contributed by atoms with Crippen LogP contribution in [0.1, 0.15) is 6.42 Å². The molecule has 0 saturated carbocycles. The number of benzene rings is 1. The Kier molecular flexibility index (Phi) is 3.74. The molecule has 88 valence electrons. The molecule has 1 aliphatic heterocycles. The maximum absolute atomic E-state index is 13.2. The number of aliphatic hydroxyl groups is 1. The van der Waals surface area contributed by atoms with Gasteiger partial charge in [-0.05, 0) is 18.6 Å². The lowest BCUT2D eigenvalue weighted by molar-refractivity contribution is 0.0487. The van der Waals surface area contributed by atoms with Crippen LogP contribution in [0, 0.1) is 11.7 Å². The highest BCUT2D eigenvalue weighted by Crippen LogP contribution is 2.19.